The molecule has 0 aliphatic carbocycles. The van der Waals surface area contributed by atoms with Crippen LogP contribution in [0.1, 0.15) is 30.1 Å². The van der Waals surface area contributed by atoms with E-state index in [-0.39, 0.29) is 0 Å². The van der Waals surface area contributed by atoms with E-state index < -0.39 is 0 Å². The van der Waals surface area contributed by atoms with Crippen molar-refractivity contribution in [1.29, 1.82) is 0 Å². The number of nitrogens with zero attached hydrogens (tertiary/aromatic N) is 5. The van der Waals surface area contributed by atoms with E-state index in [1.54, 1.807) is 18.7 Å². The van der Waals surface area contributed by atoms with Crippen molar-refractivity contribution < 1.29 is 0 Å². The van der Waals surface area contributed by atoms with Crippen LogP contribution in [-0.4, -0.2) is 31.0 Å². The van der Waals surface area contributed by atoms with Crippen LogP contribution < -0.4 is 0 Å². The molecule has 0 spiro atoms. The van der Waals surface area contributed by atoms with Gasteiger partial charge in [-0.05, 0) is 24.9 Å². The van der Waals surface area contributed by atoms with Gasteiger partial charge in [0.1, 0.15) is 6.33 Å². The molecule has 1 aromatic carbocycles. The highest BCUT2D eigenvalue weighted by atomic mass is 15.2. The average molecular weight is 305 g/mol. The summed E-state index contributed by atoms with van der Waals surface area (Å²) in [7, 11) is 0. The second-order valence-corrected chi connectivity index (χ2v) is 5.89. The van der Waals surface area contributed by atoms with Gasteiger partial charge in [0.25, 0.3) is 0 Å². The molecule has 0 unspecified atom stereocenters. The summed E-state index contributed by atoms with van der Waals surface area (Å²) in [6, 6.07) is 11.0. The lowest BCUT2D eigenvalue weighted by Gasteiger charge is -2.24. The predicted octanol–water partition coefficient (Wildman–Crippen LogP) is 3.00. The van der Waals surface area contributed by atoms with Crippen LogP contribution in [0.5, 0.6) is 0 Å². The van der Waals surface area contributed by atoms with Crippen LogP contribution >= 0.6 is 0 Å². The molecule has 1 aliphatic rings. The number of hydrogen-bond donors (Lipinski definition) is 0. The molecule has 3 heterocycles. The fraction of sp³-hybridized carbons (Fsp3) is 0.278. The minimum Gasteiger partial charge on any atom is -0.290 e. The maximum absolute atomic E-state index is 4.81. The van der Waals surface area contributed by atoms with Crippen molar-refractivity contribution in [3.8, 4) is 5.82 Å². The lowest BCUT2D eigenvalue weighted by molar-refractivity contribution is 0.244. The molecule has 1 fully saturated rings. The highest BCUT2D eigenvalue weighted by Gasteiger charge is 2.27. The molecule has 4 rings (SSSR count). The summed E-state index contributed by atoms with van der Waals surface area (Å²) < 4.78 is 1.90. The van der Waals surface area contributed by atoms with Crippen molar-refractivity contribution in [2.75, 3.05) is 6.54 Å². The zero-order valence-electron chi connectivity index (χ0n) is 12.9. The van der Waals surface area contributed by atoms with Crippen molar-refractivity contribution in [1.82, 2.24) is 24.4 Å². The number of hydrogen-bond acceptors (Lipinski definition) is 4. The molecule has 116 valence electrons. The molecule has 2 aromatic heterocycles. The number of benzene rings is 1. The average Bonchev–Trinajstić information content (AvgIpc) is 3.28. The standard InChI is InChI=1S/C18H19N5/c1-2-5-15(6-3-1)13-22-9-4-7-17(22)16-11-20-12-18(21-16)23-10-8-19-14-23/h1-3,5-6,8,10-12,14,17H,4,7,9,13H2/t17-/m0/s1. The molecule has 5 heteroatoms. The maximum Gasteiger partial charge on any atom is 0.156 e. The first-order valence-electron chi connectivity index (χ1n) is 7.98. The molecule has 1 saturated heterocycles. The molecular formula is C18H19N5. The third-order valence-corrected chi connectivity index (χ3v) is 4.34. The first kappa shape index (κ1) is 14.1. The quantitative estimate of drug-likeness (QED) is 0.743. The summed E-state index contributed by atoms with van der Waals surface area (Å²) in [5.74, 6) is 0.826. The van der Waals surface area contributed by atoms with E-state index in [0.29, 0.717) is 6.04 Å². The predicted molar refractivity (Wildman–Crippen MR) is 88.0 cm³/mol. The van der Waals surface area contributed by atoms with Crippen molar-refractivity contribution in [2.24, 2.45) is 0 Å². The van der Waals surface area contributed by atoms with Gasteiger partial charge in [-0.15, -0.1) is 0 Å². The minimum atomic E-state index is 0.339. The largest absolute Gasteiger partial charge is 0.290 e. The number of rotatable bonds is 4. The smallest absolute Gasteiger partial charge is 0.156 e. The van der Waals surface area contributed by atoms with E-state index in [1.165, 1.54) is 12.0 Å². The zero-order valence-corrected chi connectivity index (χ0v) is 12.9. The molecule has 0 radical (unpaired) electrons. The van der Waals surface area contributed by atoms with Gasteiger partial charge in [-0.25, -0.2) is 9.97 Å². The van der Waals surface area contributed by atoms with Crippen LogP contribution in [0.15, 0.2) is 61.4 Å². The lowest BCUT2D eigenvalue weighted by atomic mass is 10.1. The Balaban J connectivity index is 1.58. The summed E-state index contributed by atoms with van der Waals surface area (Å²) in [6.45, 7) is 2.07. The van der Waals surface area contributed by atoms with E-state index in [9.17, 15) is 0 Å². The Morgan fingerprint density at radius 2 is 2.00 bits per heavy atom. The van der Waals surface area contributed by atoms with E-state index in [2.05, 4.69) is 45.2 Å². The Morgan fingerprint density at radius 3 is 2.83 bits per heavy atom. The second-order valence-electron chi connectivity index (χ2n) is 5.89. The zero-order chi connectivity index (χ0) is 15.5. The normalized spacial score (nSPS) is 18.3. The number of likely N-dealkylation sites (tertiary alicyclic amines) is 1. The van der Waals surface area contributed by atoms with E-state index >= 15 is 0 Å². The molecule has 1 aliphatic heterocycles. The molecule has 0 bridgehead atoms. The van der Waals surface area contributed by atoms with Crippen molar-refractivity contribution in [2.45, 2.75) is 25.4 Å². The van der Waals surface area contributed by atoms with Gasteiger partial charge in [-0.1, -0.05) is 30.3 Å². The van der Waals surface area contributed by atoms with Gasteiger partial charge < -0.3 is 0 Å². The molecule has 0 saturated carbocycles. The van der Waals surface area contributed by atoms with Gasteiger partial charge in [-0.3, -0.25) is 14.5 Å². The molecular weight excluding hydrogens is 286 g/mol. The highest BCUT2D eigenvalue weighted by molar-refractivity contribution is 5.22. The molecule has 5 nitrogen and oxygen atoms in total. The Morgan fingerprint density at radius 1 is 1.09 bits per heavy atom. The van der Waals surface area contributed by atoms with Gasteiger partial charge in [0.2, 0.25) is 0 Å². The molecule has 0 N–H and O–H groups in total. The molecule has 1 atom stereocenters. The van der Waals surface area contributed by atoms with Gasteiger partial charge in [0.05, 0.1) is 24.1 Å². The summed E-state index contributed by atoms with van der Waals surface area (Å²) in [5, 5.41) is 0. The third-order valence-electron chi connectivity index (χ3n) is 4.34. The monoisotopic (exact) mass is 305 g/mol. The third kappa shape index (κ3) is 3.00. The summed E-state index contributed by atoms with van der Waals surface area (Å²) in [6.07, 6.45) is 11.4. The van der Waals surface area contributed by atoms with Gasteiger partial charge in [0.15, 0.2) is 5.82 Å². The lowest BCUT2D eigenvalue weighted by Crippen LogP contribution is -2.23. The van der Waals surface area contributed by atoms with Crippen LogP contribution in [0.2, 0.25) is 0 Å². The van der Waals surface area contributed by atoms with Crippen LogP contribution in [-0.2, 0) is 6.54 Å². The Kier molecular flexibility index (Phi) is 3.86. The van der Waals surface area contributed by atoms with Crippen molar-refractivity contribution >= 4 is 0 Å². The fourth-order valence-electron chi connectivity index (χ4n) is 3.22. The summed E-state index contributed by atoms with van der Waals surface area (Å²) >= 11 is 0. The summed E-state index contributed by atoms with van der Waals surface area (Å²) in [4.78, 5) is 15.8. The number of aromatic nitrogens is 4. The minimum absolute atomic E-state index is 0.339. The topological polar surface area (TPSA) is 46.8 Å². The van der Waals surface area contributed by atoms with Gasteiger partial charge >= 0.3 is 0 Å². The first-order chi connectivity index (χ1) is 11.4. The summed E-state index contributed by atoms with van der Waals surface area (Å²) in [5.41, 5.74) is 2.39. The first-order valence-corrected chi connectivity index (χ1v) is 7.98. The van der Waals surface area contributed by atoms with Crippen LogP contribution in [0.3, 0.4) is 0 Å². The van der Waals surface area contributed by atoms with Crippen molar-refractivity contribution in [3.63, 3.8) is 0 Å². The van der Waals surface area contributed by atoms with Crippen LogP contribution in [0.4, 0.5) is 0 Å². The van der Waals surface area contributed by atoms with Crippen molar-refractivity contribution in [3.05, 3.63) is 72.7 Å². The Bertz CT molecular complexity index is 754. The SMILES string of the molecule is c1ccc(CN2CCC[C@H]2c2cncc(-n3ccnc3)n2)cc1. The Hall–Kier alpha value is -2.53. The van der Waals surface area contributed by atoms with E-state index in [4.69, 9.17) is 4.98 Å². The molecule has 3 aromatic rings. The Labute approximate surface area is 135 Å². The van der Waals surface area contributed by atoms with Gasteiger partial charge in [-0.2, -0.15) is 0 Å². The van der Waals surface area contributed by atoms with E-state index in [1.807, 2.05) is 17.0 Å². The second kappa shape index (κ2) is 6.30. The van der Waals surface area contributed by atoms with Crippen LogP contribution in [0, 0.1) is 0 Å². The van der Waals surface area contributed by atoms with E-state index in [0.717, 1.165) is 31.0 Å². The molecule has 0 amide bonds. The van der Waals surface area contributed by atoms with Gasteiger partial charge in [0, 0.05) is 18.9 Å². The van der Waals surface area contributed by atoms with Crippen LogP contribution in [0.25, 0.3) is 5.82 Å². The fourth-order valence-corrected chi connectivity index (χ4v) is 3.22. The maximum atomic E-state index is 4.81. The number of imidazole rings is 1. The molecule has 23 heavy (non-hydrogen) atoms. The highest BCUT2D eigenvalue weighted by Crippen LogP contribution is 2.32.